The highest BCUT2D eigenvalue weighted by molar-refractivity contribution is 6.31. The van der Waals surface area contributed by atoms with Crippen LogP contribution >= 0.6 is 11.6 Å². The molecule has 96 valence electrons. The van der Waals surface area contributed by atoms with Crippen LogP contribution in [0.25, 0.3) is 10.9 Å². The number of fused-ring (bicyclic) bond motifs is 1. The number of benzene rings is 1. The average Bonchev–Trinajstić information content (AvgIpc) is 2.91. The maximum Gasteiger partial charge on any atom is 0.261 e. The van der Waals surface area contributed by atoms with Crippen molar-refractivity contribution in [1.29, 1.82) is 0 Å². The van der Waals surface area contributed by atoms with Crippen LogP contribution < -0.4 is 5.56 Å². The first-order valence-electron chi connectivity index (χ1n) is 5.86. The van der Waals surface area contributed by atoms with Gasteiger partial charge in [0, 0.05) is 17.8 Å². The third-order valence-corrected chi connectivity index (χ3v) is 3.22. The van der Waals surface area contributed by atoms with Crippen LogP contribution in [0.2, 0.25) is 5.02 Å². The first kappa shape index (κ1) is 11.9. The van der Waals surface area contributed by atoms with Crippen molar-refractivity contribution < 1.29 is 0 Å². The van der Waals surface area contributed by atoms with E-state index in [1.807, 2.05) is 6.20 Å². The van der Waals surface area contributed by atoms with Crippen LogP contribution in [0.3, 0.4) is 0 Å². The summed E-state index contributed by atoms with van der Waals surface area (Å²) in [5.41, 5.74) is 1.63. The van der Waals surface area contributed by atoms with Crippen LogP contribution in [-0.4, -0.2) is 19.7 Å². The molecule has 3 rings (SSSR count). The molecule has 0 atom stereocenters. The standard InChI is InChI=1S/C13H11ClN4O/c14-10-1-2-11-12(5-10)15-8-18(13(11)19)4-3-9-6-16-17-7-9/h1-2,5-8H,3-4H2,(H,16,17). The van der Waals surface area contributed by atoms with Crippen LogP contribution in [-0.2, 0) is 13.0 Å². The van der Waals surface area contributed by atoms with Crippen molar-refractivity contribution in [3.05, 3.63) is 57.9 Å². The lowest BCUT2D eigenvalue weighted by molar-refractivity contribution is 0.663. The number of nitrogens with zero attached hydrogens (tertiary/aromatic N) is 3. The summed E-state index contributed by atoms with van der Waals surface area (Å²) in [6.45, 7) is 0.573. The maximum atomic E-state index is 12.3. The topological polar surface area (TPSA) is 63.6 Å². The zero-order chi connectivity index (χ0) is 13.2. The molecule has 0 fully saturated rings. The highest BCUT2D eigenvalue weighted by Crippen LogP contribution is 2.14. The molecule has 0 aliphatic heterocycles. The molecule has 5 nitrogen and oxygen atoms in total. The summed E-state index contributed by atoms with van der Waals surface area (Å²) >= 11 is 5.88. The van der Waals surface area contributed by atoms with Gasteiger partial charge in [0.2, 0.25) is 0 Å². The number of hydrogen-bond acceptors (Lipinski definition) is 3. The van der Waals surface area contributed by atoms with Crippen LogP contribution in [0.1, 0.15) is 5.56 Å². The van der Waals surface area contributed by atoms with Gasteiger partial charge in [0.1, 0.15) is 0 Å². The highest BCUT2D eigenvalue weighted by atomic mass is 35.5. The Morgan fingerprint density at radius 3 is 3.05 bits per heavy atom. The van der Waals surface area contributed by atoms with Crippen LogP contribution in [0.15, 0.2) is 41.7 Å². The quantitative estimate of drug-likeness (QED) is 0.795. The summed E-state index contributed by atoms with van der Waals surface area (Å²) in [6.07, 6.45) is 5.86. The van der Waals surface area contributed by atoms with Crippen LogP contribution in [0, 0.1) is 0 Å². The monoisotopic (exact) mass is 274 g/mol. The van der Waals surface area contributed by atoms with E-state index in [0.717, 1.165) is 12.0 Å². The van der Waals surface area contributed by atoms with Gasteiger partial charge in [-0.3, -0.25) is 14.5 Å². The van der Waals surface area contributed by atoms with Gasteiger partial charge in [-0.05, 0) is 30.2 Å². The second kappa shape index (κ2) is 4.85. The first-order chi connectivity index (χ1) is 9.24. The molecule has 0 aliphatic carbocycles. The van der Waals surface area contributed by atoms with Crippen molar-refractivity contribution >= 4 is 22.5 Å². The molecule has 0 amide bonds. The molecule has 0 saturated heterocycles. The van der Waals surface area contributed by atoms with Crippen molar-refractivity contribution in [2.75, 3.05) is 0 Å². The number of aromatic nitrogens is 4. The summed E-state index contributed by atoms with van der Waals surface area (Å²) < 4.78 is 1.60. The van der Waals surface area contributed by atoms with Crippen molar-refractivity contribution in [3.8, 4) is 0 Å². The summed E-state index contributed by atoms with van der Waals surface area (Å²) in [7, 11) is 0. The number of aryl methyl sites for hydroxylation is 2. The van der Waals surface area contributed by atoms with Gasteiger partial charge in [0.05, 0.1) is 23.4 Å². The van der Waals surface area contributed by atoms with Crippen LogP contribution in [0.5, 0.6) is 0 Å². The number of hydrogen-bond donors (Lipinski definition) is 1. The molecular formula is C13H11ClN4O. The number of rotatable bonds is 3. The normalized spacial score (nSPS) is 11.0. The lowest BCUT2D eigenvalue weighted by Crippen LogP contribution is -2.21. The van der Waals surface area contributed by atoms with Crippen molar-refractivity contribution in [2.24, 2.45) is 0 Å². The van der Waals surface area contributed by atoms with Gasteiger partial charge in [-0.2, -0.15) is 5.10 Å². The molecule has 0 saturated carbocycles. The summed E-state index contributed by atoms with van der Waals surface area (Å²) in [5.74, 6) is 0. The molecule has 0 aliphatic rings. The molecule has 3 aromatic rings. The minimum atomic E-state index is -0.0508. The minimum absolute atomic E-state index is 0.0508. The van der Waals surface area contributed by atoms with Gasteiger partial charge in [-0.25, -0.2) is 4.98 Å². The van der Waals surface area contributed by atoms with E-state index >= 15 is 0 Å². The third kappa shape index (κ3) is 2.37. The number of halogens is 1. The molecule has 2 aromatic heterocycles. The minimum Gasteiger partial charge on any atom is -0.298 e. The van der Waals surface area contributed by atoms with Crippen molar-refractivity contribution in [1.82, 2.24) is 19.7 Å². The maximum absolute atomic E-state index is 12.3. The van der Waals surface area contributed by atoms with E-state index in [0.29, 0.717) is 22.5 Å². The number of H-pyrrole nitrogens is 1. The summed E-state index contributed by atoms with van der Waals surface area (Å²) in [5, 5.41) is 7.78. The average molecular weight is 275 g/mol. The largest absolute Gasteiger partial charge is 0.298 e. The predicted molar refractivity (Wildman–Crippen MR) is 73.3 cm³/mol. The van der Waals surface area contributed by atoms with Gasteiger partial charge >= 0.3 is 0 Å². The molecule has 6 heteroatoms. The molecule has 0 spiro atoms. The van der Waals surface area contributed by atoms with Crippen molar-refractivity contribution in [2.45, 2.75) is 13.0 Å². The molecule has 1 aromatic carbocycles. The summed E-state index contributed by atoms with van der Waals surface area (Å²) in [6, 6.07) is 5.10. The Balaban J connectivity index is 1.94. The van der Waals surface area contributed by atoms with Crippen molar-refractivity contribution in [3.63, 3.8) is 0 Å². The van der Waals surface area contributed by atoms with Gasteiger partial charge in [-0.15, -0.1) is 0 Å². The first-order valence-corrected chi connectivity index (χ1v) is 6.24. The predicted octanol–water partition coefficient (Wildman–Crippen LogP) is 2.02. The molecular weight excluding hydrogens is 264 g/mol. The Hall–Kier alpha value is -2.14. The lowest BCUT2D eigenvalue weighted by atomic mass is 10.2. The Bertz CT molecular complexity index is 764. The van der Waals surface area contributed by atoms with Gasteiger partial charge in [0.25, 0.3) is 5.56 Å². The molecule has 0 unspecified atom stereocenters. The van der Waals surface area contributed by atoms with E-state index in [1.165, 1.54) is 0 Å². The van der Waals surface area contributed by atoms with Crippen LogP contribution in [0.4, 0.5) is 0 Å². The van der Waals surface area contributed by atoms with E-state index in [2.05, 4.69) is 15.2 Å². The van der Waals surface area contributed by atoms with Gasteiger partial charge < -0.3 is 0 Å². The molecule has 2 heterocycles. The van der Waals surface area contributed by atoms with E-state index in [9.17, 15) is 4.79 Å². The Morgan fingerprint density at radius 2 is 2.26 bits per heavy atom. The molecule has 0 radical (unpaired) electrons. The molecule has 1 N–H and O–H groups in total. The highest BCUT2D eigenvalue weighted by Gasteiger charge is 2.05. The third-order valence-electron chi connectivity index (χ3n) is 2.98. The van der Waals surface area contributed by atoms with E-state index in [4.69, 9.17) is 11.6 Å². The zero-order valence-corrected chi connectivity index (χ0v) is 10.8. The fraction of sp³-hybridized carbons (Fsp3) is 0.154. The van der Waals surface area contributed by atoms with Gasteiger partial charge in [0.15, 0.2) is 0 Å². The van der Waals surface area contributed by atoms with E-state index < -0.39 is 0 Å². The number of nitrogens with one attached hydrogen (secondary N) is 1. The molecule has 0 bridgehead atoms. The second-order valence-corrected chi connectivity index (χ2v) is 4.70. The smallest absolute Gasteiger partial charge is 0.261 e. The molecule has 19 heavy (non-hydrogen) atoms. The summed E-state index contributed by atoms with van der Waals surface area (Å²) in [4.78, 5) is 16.5. The lowest BCUT2D eigenvalue weighted by Gasteiger charge is -2.05. The van der Waals surface area contributed by atoms with E-state index in [-0.39, 0.29) is 5.56 Å². The Morgan fingerprint density at radius 1 is 1.37 bits per heavy atom. The Kier molecular flexibility index (Phi) is 3.05. The second-order valence-electron chi connectivity index (χ2n) is 4.26. The fourth-order valence-electron chi connectivity index (χ4n) is 1.95. The zero-order valence-electron chi connectivity index (χ0n) is 10.0. The van der Waals surface area contributed by atoms with E-state index in [1.54, 1.807) is 35.3 Å². The SMILES string of the molecule is O=c1c2ccc(Cl)cc2ncn1CCc1cn[nH]c1. The fourth-order valence-corrected chi connectivity index (χ4v) is 2.12. The number of aromatic amines is 1. The van der Waals surface area contributed by atoms with Gasteiger partial charge in [-0.1, -0.05) is 11.6 Å². The Labute approximate surface area is 113 Å².